The van der Waals surface area contributed by atoms with E-state index < -0.39 is 0 Å². The fourth-order valence-electron chi connectivity index (χ4n) is 2.29. The third-order valence-corrected chi connectivity index (χ3v) is 5.62. The monoisotopic (exact) mass is 379 g/mol. The van der Waals surface area contributed by atoms with Crippen LogP contribution in [0, 0.1) is 0 Å². The van der Waals surface area contributed by atoms with Crippen LogP contribution in [-0.2, 0) is 5.75 Å². The molecule has 1 nitrogen and oxygen atoms in total. The van der Waals surface area contributed by atoms with Crippen LogP contribution in [0.1, 0.15) is 31.9 Å². The topological polar surface area (TPSA) is 12.0 Å². The summed E-state index contributed by atoms with van der Waals surface area (Å²) in [5, 5.41) is 4.77. The van der Waals surface area contributed by atoms with Gasteiger partial charge >= 0.3 is 0 Å². The van der Waals surface area contributed by atoms with E-state index in [1.54, 1.807) is 17.8 Å². The summed E-state index contributed by atoms with van der Waals surface area (Å²) in [7, 11) is 0. The number of hydrogen-bond acceptors (Lipinski definition) is 2. The Labute approximate surface area is 159 Å². The summed E-state index contributed by atoms with van der Waals surface area (Å²) in [5.74, 6) is 0.837. The zero-order chi connectivity index (χ0) is 17.5. The predicted octanol–water partition coefficient (Wildman–Crippen LogP) is 6.69. The van der Waals surface area contributed by atoms with E-state index in [2.05, 4.69) is 50.4 Å². The highest BCUT2D eigenvalue weighted by atomic mass is 35.5. The Morgan fingerprint density at radius 2 is 1.75 bits per heavy atom. The van der Waals surface area contributed by atoms with Gasteiger partial charge in [-0.1, -0.05) is 53.9 Å². The summed E-state index contributed by atoms with van der Waals surface area (Å²) in [4.78, 5) is 1.24. The minimum absolute atomic E-state index is 0.674. The standard InChI is InChI=1S/C20H23Cl2NS/c1-4-23-12-14(2)15(3)16-6-9-19(10-7-16)24-13-17-5-8-18(21)11-20(17)22/h5-11,23H,4,12-13H2,1-3H3. The van der Waals surface area contributed by atoms with Crippen LogP contribution in [0.5, 0.6) is 0 Å². The van der Waals surface area contributed by atoms with Crippen molar-refractivity contribution in [1.82, 2.24) is 5.32 Å². The van der Waals surface area contributed by atoms with Gasteiger partial charge in [-0.3, -0.25) is 0 Å². The number of nitrogens with one attached hydrogen (secondary N) is 1. The lowest BCUT2D eigenvalue weighted by Gasteiger charge is -2.10. The first kappa shape index (κ1) is 19.4. The molecule has 2 aromatic carbocycles. The number of rotatable bonds is 7. The van der Waals surface area contributed by atoms with E-state index in [1.807, 2.05) is 12.1 Å². The molecule has 0 aliphatic rings. The van der Waals surface area contributed by atoms with E-state index in [0.717, 1.165) is 29.4 Å². The van der Waals surface area contributed by atoms with E-state index >= 15 is 0 Å². The molecule has 0 fully saturated rings. The predicted molar refractivity (Wildman–Crippen MR) is 109 cm³/mol. The second-order valence-electron chi connectivity index (χ2n) is 5.73. The highest BCUT2D eigenvalue weighted by molar-refractivity contribution is 7.98. The van der Waals surface area contributed by atoms with Gasteiger partial charge in [0.2, 0.25) is 0 Å². The van der Waals surface area contributed by atoms with Crippen LogP contribution >= 0.6 is 35.0 Å². The molecular weight excluding hydrogens is 357 g/mol. The molecule has 0 heterocycles. The Morgan fingerprint density at radius 1 is 1.04 bits per heavy atom. The Balaban J connectivity index is 2.01. The van der Waals surface area contributed by atoms with E-state index in [0.29, 0.717) is 5.02 Å². The van der Waals surface area contributed by atoms with Gasteiger partial charge in [0.25, 0.3) is 0 Å². The van der Waals surface area contributed by atoms with Crippen molar-refractivity contribution in [2.24, 2.45) is 0 Å². The Morgan fingerprint density at radius 3 is 2.38 bits per heavy atom. The smallest absolute Gasteiger partial charge is 0.0461 e. The first-order valence-electron chi connectivity index (χ1n) is 8.05. The maximum atomic E-state index is 6.23. The quantitative estimate of drug-likeness (QED) is 0.537. The van der Waals surface area contributed by atoms with Crippen LogP contribution in [0.2, 0.25) is 10.0 Å². The molecule has 0 bridgehead atoms. The highest BCUT2D eigenvalue weighted by Crippen LogP contribution is 2.29. The van der Waals surface area contributed by atoms with Crippen molar-refractivity contribution < 1.29 is 0 Å². The summed E-state index contributed by atoms with van der Waals surface area (Å²) in [6.07, 6.45) is 0. The highest BCUT2D eigenvalue weighted by Gasteiger charge is 2.04. The van der Waals surface area contributed by atoms with Crippen LogP contribution in [0.3, 0.4) is 0 Å². The van der Waals surface area contributed by atoms with Crippen LogP contribution in [0.15, 0.2) is 52.9 Å². The average Bonchev–Trinajstić information content (AvgIpc) is 2.58. The fraction of sp³-hybridized carbons (Fsp3) is 0.300. The van der Waals surface area contributed by atoms with Gasteiger partial charge in [0.05, 0.1) is 0 Å². The molecule has 0 radical (unpaired) electrons. The molecule has 4 heteroatoms. The van der Waals surface area contributed by atoms with Crippen LogP contribution in [0.25, 0.3) is 5.57 Å². The van der Waals surface area contributed by atoms with Gasteiger partial charge in [0.15, 0.2) is 0 Å². The molecular formula is C20H23Cl2NS. The second kappa shape index (κ2) is 9.53. The summed E-state index contributed by atoms with van der Waals surface area (Å²) in [6, 6.07) is 14.4. The molecule has 0 spiro atoms. The third-order valence-electron chi connectivity index (χ3n) is 3.98. The molecule has 0 saturated carbocycles. The van der Waals surface area contributed by atoms with Crippen molar-refractivity contribution in [2.75, 3.05) is 13.1 Å². The van der Waals surface area contributed by atoms with Crippen molar-refractivity contribution >= 4 is 40.5 Å². The first-order chi connectivity index (χ1) is 11.5. The maximum absolute atomic E-state index is 6.23. The zero-order valence-corrected chi connectivity index (χ0v) is 16.7. The van der Waals surface area contributed by atoms with Crippen molar-refractivity contribution in [3.8, 4) is 0 Å². The van der Waals surface area contributed by atoms with Crippen molar-refractivity contribution in [3.05, 3.63) is 69.2 Å². The summed E-state index contributed by atoms with van der Waals surface area (Å²) in [6.45, 7) is 8.43. The Hall–Kier alpha value is -0.930. The maximum Gasteiger partial charge on any atom is 0.0461 e. The van der Waals surface area contributed by atoms with Gasteiger partial charge in [-0.05, 0) is 61.4 Å². The van der Waals surface area contributed by atoms with Crippen molar-refractivity contribution in [1.29, 1.82) is 0 Å². The van der Waals surface area contributed by atoms with Gasteiger partial charge in [-0.25, -0.2) is 0 Å². The molecule has 0 atom stereocenters. The van der Waals surface area contributed by atoms with Crippen LogP contribution < -0.4 is 5.32 Å². The first-order valence-corrected chi connectivity index (χ1v) is 9.79. The number of thioether (sulfide) groups is 1. The minimum atomic E-state index is 0.674. The molecule has 0 aliphatic heterocycles. The molecule has 1 N–H and O–H groups in total. The second-order valence-corrected chi connectivity index (χ2v) is 7.63. The summed E-state index contributed by atoms with van der Waals surface area (Å²) in [5.41, 5.74) is 5.10. The van der Waals surface area contributed by atoms with Crippen LogP contribution in [0.4, 0.5) is 0 Å². The van der Waals surface area contributed by atoms with E-state index in [-0.39, 0.29) is 0 Å². The molecule has 0 unspecified atom stereocenters. The van der Waals surface area contributed by atoms with Crippen molar-refractivity contribution in [2.45, 2.75) is 31.4 Å². The van der Waals surface area contributed by atoms with Gasteiger partial charge in [-0.2, -0.15) is 0 Å². The minimum Gasteiger partial charge on any atom is -0.313 e. The fourth-order valence-corrected chi connectivity index (χ4v) is 3.75. The summed E-state index contributed by atoms with van der Waals surface area (Å²) < 4.78 is 0. The van der Waals surface area contributed by atoms with Gasteiger partial charge in [-0.15, -0.1) is 11.8 Å². The molecule has 0 aliphatic carbocycles. The number of halogens is 2. The van der Waals surface area contributed by atoms with Gasteiger partial charge in [0, 0.05) is 27.2 Å². The number of allylic oxidation sites excluding steroid dienone is 1. The molecule has 2 rings (SSSR count). The summed E-state index contributed by atoms with van der Waals surface area (Å²) >= 11 is 13.9. The lowest BCUT2D eigenvalue weighted by Crippen LogP contribution is -2.15. The van der Waals surface area contributed by atoms with E-state index in [9.17, 15) is 0 Å². The molecule has 128 valence electrons. The number of benzene rings is 2. The van der Waals surface area contributed by atoms with E-state index in [1.165, 1.54) is 21.6 Å². The van der Waals surface area contributed by atoms with Gasteiger partial charge in [0.1, 0.15) is 0 Å². The molecule has 0 aromatic heterocycles. The third kappa shape index (κ3) is 5.56. The Kier molecular flexibility index (Phi) is 7.70. The van der Waals surface area contributed by atoms with Crippen LogP contribution in [-0.4, -0.2) is 13.1 Å². The lowest BCUT2D eigenvalue weighted by atomic mass is 10.0. The number of likely N-dealkylation sites (N-methyl/N-ethyl adjacent to an activating group) is 1. The molecule has 0 saturated heterocycles. The van der Waals surface area contributed by atoms with E-state index in [4.69, 9.17) is 23.2 Å². The van der Waals surface area contributed by atoms with Gasteiger partial charge < -0.3 is 5.32 Å². The molecule has 2 aromatic rings. The zero-order valence-electron chi connectivity index (χ0n) is 14.3. The molecule has 24 heavy (non-hydrogen) atoms. The SMILES string of the molecule is CCNCC(C)=C(C)c1ccc(SCc2ccc(Cl)cc2Cl)cc1. The normalized spacial score (nSPS) is 12.2. The number of hydrogen-bond donors (Lipinski definition) is 1. The van der Waals surface area contributed by atoms with Crippen molar-refractivity contribution in [3.63, 3.8) is 0 Å². The Bertz CT molecular complexity index is 708. The average molecular weight is 380 g/mol. The molecule has 0 amide bonds. The largest absolute Gasteiger partial charge is 0.313 e. The lowest BCUT2D eigenvalue weighted by molar-refractivity contribution is 0.777.